The van der Waals surface area contributed by atoms with E-state index in [1.165, 1.54) is 6.42 Å². The summed E-state index contributed by atoms with van der Waals surface area (Å²) in [5, 5.41) is 0. The molecule has 2 aliphatic carbocycles. The lowest BCUT2D eigenvalue weighted by Gasteiger charge is -2.44. The molecule has 1 aromatic rings. The summed E-state index contributed by atoms with van der Waals surface area (Å²) in [5.74, 6) is 1.17. The van der Waals surface area contributed by atoms with Gasteiger partial charge in [-0.1, -0.05) is 24.6 Å². The molecular formula is C21H29N3O2. The van der Waals surface area contributed by atoms with Gasteiger partial charge < -0.3 is 15.5 Å². The molecule has 2 bridgehead atoms. The standard InChI is InChI=1S/C21H29N3O2/c1-23(18-10-11-24(21(18)26)17-8-3-2-4-9-17)20(25)16-12-14-6-5-7-15(13-16)19(14)22/h2-4,8-9,14-16,18-19H,5-7,10-13,22H2,1H3. The first-order chi connectivity index (χ1) is 12.6. The molecule has 26 heavy (non-hydrogen) atoms. The highest BCUT2D eigenvalue weighted by molar-refractivity contribution is 6.01. The molecule has 2 saturated carbocycles. The molecule has 2 N–H and O–H groups in total. The van der Waals surface area contributed by atoms with Gasteiger partial charge in [-0.2, -0.15) is 0 Å². The Kier molecular flexibility index (Phi) is 4.74. The summed E-state index contributed by atoms with van der Waals surface area (Å²) < 4.78 is 0. The highest BCUT2D eigenvalue weighted by Crippen LogP contribution is 2.42. The first kappa shape index (κ1) is 17.5. The fraction of sp³-hybridized carbons (Fsp3) is 0.619. The van der Waals surface area contributed by atoms with Crippen molar-refractivity contribution in [3.05, 3.63) is 30.3 Å². The molecule has 1 aromatic carbocycles. The molecule has 140 valence electrons. The summed E-state index contributed by atoms with van der Waals surface area (Å²) in [6.45, 7) is 0.673. The van der Waals surface area contributed by atoms with Crippen molar-refractivity contribution in [1.82, 2.24) is 4.90 Å². The first-order valence-electron chi connectivity index (χ1n) is 9.95. The number of benzene rings is 1. The number of rotatable bonds is 3. The van der Waals surface area contributed by atoms with Crippen LogP contribution in [0.3, 0.4) is 0 Å². The van der Waals surface area contributed by atoms with Crippen LogP contribution in [-0.4, -0.2) is 42.4 Å². The number of nitrogens with two attached hydrogens (primary N) is 1. The third-order valence-corrected chi connectivity index (χ3v) is 6.82. The van der Waals surface area contributed by atoms with Crippen molar-refractivity contribution in [2.75, 3.05) is 18.5 Å². The summed E-state index contributed by atoms with van der Waals surface area (Å²) in [5.41, 5.74) is 7.28. The minimum atomic E-state index is -0.335. The van der Waals surface area contributed by atoms with Crippen LogP contribution in [0.2, 0.25) is 0 Å². The Morgan fingerprint density at radius 2 is 1.77 bits per heavy atom. The van der Waals surface area contributed by atoms with Gasteiger partial charge in [0.15, 0.2) is 0 Å². The lowest BCUT2D eigenvalue weighted by Crippen LogP contribution is -2.51. The van der Waals surface area contributed by atoms with Gasteiger partial charge in [-0.3, -0.25) is 9.59 Å². The summed E-state index contributed by atoms with van der Waals surface area (Å²) in [7, 11) is 1.81. The minimum absolute atomic E-state index is 0.0358. The van der Waals surface area contributed by atoms with Crippen LogP contribution >= 0.6 is 0 Å². The monoisotopic (exact) mass is 355 g/mol. The van der Waals surface area contributed by atoms with Crippen LogP contribution in [0, 0.1) is 17.8 Å². The van der Waals surface area contributed by atoms with E-state index in [0.717, 1.165) is 31.4 Å². The molecule has 3 aliphatic rings. The molecule has 4 rings (SSSR count). The van der Waals surface area contributed by atoms with Gasteiger partial charge in [-0.15, -0.1) is 0 Å². The zero-order valence-electron chi connectivity index (χ0n) is 15.5. The Morgan fingerprint density at radius 3 is 2.42 bits per heavy atom. The first-order valence-corrected chi connectivity index (χ1v) is 9.95. The summed E-state index contributed by atoms with van der Waals surface area (Å²) in [6, 6.07) is 9.65. The molecule has 1 heterocycles. The number of nitrogens with zero attached hydrogens (tertiary/aromatic N) is 2. The molecule has 1 aliphatic heterocycles. The van der Waals surface area contributed by atoms with Gasteiger partial charge in [0, 0.05) is 31.2 Å². The lowest BCUT2D eigenvalue weighted by atomic mass is 9.65. The van der Waals surface area contributed by atoms with E-state index in [1.54, 1.807) is 9.80 Å². The molecule has 3 fully saturated rings. The van der Waals surface area contributed by atoms with Gasteiger partial charge in [-0.25, -0.2) is 0 Å². The zero-order valence-corrected chi connectivity index (χ0v) is 15.5. The molecule has 0 radical (unpaired) electrons. The zero-order chi connectivity index (χ0) is 18.3. The van der Waals surface area contributed by atoms with Gasteiger partial charge in [-0.05, 0) is 56.1 Å². The van der Waals surface area contributed by atoms with Crippen molar-refractivity contribution in [1.29, 1.82) is 0 Å². The third-order valence-electron chi connectivity index (χ3n) is 6.82. The second-order valence-electron chi connectivity index (χ2n) is 8.28. The molecule has 5 heteroatoms. The Morgan fingerprint density at radius 1 is 1.12 bits per heavy atom. The number of anilines is 1. The van der Waals surface area contributed by atoms with Crippen LogP contribution in [0.25, 0.3) is 0 Å². The fourth-order valence-corrected chi connectivity index (χ4v) is 5.32. The van der Waals surface area contributed by atoms with Crippen molar-refractivity contribution in [2.45, 2.75) is 50.6 Å². The van der Waals surface area contributed by atoms with E-state index in [9.17, 15) is 9.59 Å². The maximum atomic E-state index is 13.1. The fourth-order valence-electron chi connectivity index (χ4n) is 5.32. The quantitative estimate of drug-likeness (QED) is 0.905. The van der Waals surface area contributed by atoms with Crippen molar-refractivity contribution in [3.8, 4) is 0 Å². The predicted octanol–water partition coefficient (Wildman–Crippen LogP) is 2.40. The number of carbonyl (C=O) groups is 2. The molecule has 3 unspecified atom stereocenters. The number of amides is 2. The number of para-hydroxylation sites is 1. The minimum Gasteiger partial charge on any atom is -0.333 e. The van der Waals surface area contributed by atoms with E-state index < -0.39 is 0 Å². The van der Waals surface area contributed by atoms with Crippen LogP contribution in [-0.2, 0) is 9.59 Å². The molecular weight excluding hydrogens is 326 g/mol. The smallest absolute Gasteiger partial charge is 0.249 e. The van der Waals surface area contributed by atoms with Gasteiger partial charge in [0.25, 0.3) is 0 Å². The topological polar surface area (TPSA) is 66.6 Å². The molecule has 5 nitrogen and oxygen atoms in total. The predicted molar refractivity (Wildman–Crippen MR) is 102 cm³/mol. The van der Waals surface area contributed by atoms with Gasteiger partial charge in [0.05, 0.1) is 0 Å². The molecule has 1 saturated heterocycles. The van der Waals surface area contributed by atoms with Crippen LogP contribution in [0.15, 0.2) is 30.3 Å². The summed E-state index contributed by atoms with van der Waals surface area (Å²) >= 11 is 0. The second kappa shape index (κ2) is 7.03. The number of hydrogen-bond acceptors (Lipinski definition) is 3. The summed E-state index contributed by atoms with van der Waals surface area (Å²) in [4.78, 5) is 29.6. The third kappa shape index (κ3) is 3.02. The van der Waals surface area contributed by atoms with E-state index >= 15 is 0 Å². The van der Waals surface area contributed by atoms with Gasteiger partial charge in [0.2, 0.25) is 11.8 Å². The Labute approximate surface area is 155 Å². The van der Waals surface area contributed by atoms with Gasteiger partial charge >= 0.3 is 0 Å². The normalized spacial score (nSPS) is 34.0. The number of fused-ring (bicyclic) bond motifs is 2. The Balaban J connectivity index is 1.44. The Hall–Kier alpha value is -1.88. The van der Waals surface area contributed by atoms with E-state index in [2.05, 4.69) is 0 Å². The highest BCUT2D eigenvalue weighted by Gasteiger charge is 2.44. The SMILES string of the molecule is CN(C(=O)C1CC2CCCC(C1)C2N)C1CCN(c2ccccc2)C1=O. The Bertz CT molecular complexity index is 663. The van der Waals surface area contributed by atoms with E-state index in [1.807, 2.05) is 37.4 Å². The maximum absolute atomic E-state index is 13.1. The molecule has 0 aromatic heterocycles. The molecule has 3 atom stereocenters. The molecule has 2 amide bonds. The van der Waals surface area contributed by atoms with Crippen molar-refractivity contribution in [2.24, 2.45) is 23.5 Å². The van der Waals surface area contributed by atoms with Crippen molar-refractivity contribution >= 4 is 17.5 Å². The number of hydrogen-bond donors (Lipinski definition) is 1. The van der Waals surface area contributed by atoms with Crippen molar-refractivity contribution in [3.63, 3.8) is 0 Å². The van der Waals surface area contributed by atoms with Crippen LogP contribution in [0.5, 0.6) is 0 Å². The van der Waals surface area contributed by atoms with Crippen LogP contribution < -0.4 is 10.6 Å². The van der Waals surface area contributed by atoms with Crippen LogP contribution in [0.4, 0.5) is 5.69 Å². The summed E-state index contributed by atoms with van der Waals surface area (Å²) in [6.07, 6.45) is 6.03. The lowest BCUT2D eigenvalue weighted by molar-refractivity contribution is -0.142. The van der Waals surface area contributed by atoms with Crippen molar-refractivity contribution < 1.29 is 9.59 Å². The van der Waals surface area contributed by atoms with E-state index in [0.29, 0.717) is 24.8 Å². The highest BCUT2D eigenvalue weighted by atomic mass is 16.2. The average molecular weight is 355 g/mol. The maximum Gasteiger partial charge on any atom is 0.249 e. The van der Waals surface area contributed by atoms with Gasteiger partial charge in [0.1, 0.15) is 6.04 Å². The largest absolute Gasteiger partial charge is 0.333 e. The average Bonchev–Trinajstić information content (AvgIpc) is 3.02. The van der Waals surface area contributed by atoms with E-state index in [4.69, 9.17) is 5.73 Å². The molecule has 0 spiro atoms. The second-order valence-corrected chi connectivity index (χ2v) is 8.28. The van der Waals surface area contributed by atoms with E-state index in [-0.39, 0.29) is 29.8 Å². The van der Waals surface area contributed by atoms with Crippen LogP contribution in [0.1, 0.15) is 38.5 Å². The number of carbonyl (C=O) groups excluding carboxylic acids is 2. The number of likely N-dealkylation sites (N-methyl/N-ethyl adjacent to an activating group) is 1.